The molecule has 102 valence electrons. The molecule has 0 saturated heterocycles. The van der Waals surface area contributed by atoms with Gasteiger partial charge in [0.2, 0.25) is 0 Å². The maximum atomic E-state index is 5.63. The summed E-state index contributed by atoms with van der Waals surface area (Å²) in [7, 11) is 0. The topological polar surface area (TPSA) is 66.0 Å². The number of aromatic nitrogens is 3. The van der Waals surface area contributed by atoms with Gasteiger partial charge in [-0.25, -0.2) is 4.68 Å². The Morgan fingerprint density at radius 2 is 2.05 bits per heavy atom. The summed E-state index contributed by atoms with van der Waals surface area (Å²) in [5, 5.41) is 8.14. The zero-order chi connectivity index (χ0) is 13.5. The molecule has 2 aromatic rings. The molecule has 19 heavy (non-hydrogen) atoms. The van der Waals surface area contributed by atoms with Crippen LogP contribution < -0.4 is 10.5 Å². The van der Waals surface area contributed by atoms with Crippen LogP contribution in [0, 0.1) is 0 Å². The Morgan fingerprint density at radius 1 is 1.26 bits per heavy atom. The molecular formula is C13H17BrN4O. The molecule has 0 aliphatic heterocycles. The van der Waals surface area contributed by atoms with Crippen LogP contribution in [0.3, 0.4) is 0 Å². The van der Waals surface area contributed by atoms with Gasteiger partial charge in [-0.05, 0) is 43.7 Å². The average Bonchev–Trinajstić information content (AvgIpc) is 2.87. The number of benzene rings is 1. The van der Waals surface area contributed by atoms with Crippen molar-refractivity contribution in [1.82, 2.24) is 15.0 Å². The molecule has 0 spiro atoms. The zero-order valence-electron chi connectivity index (χ0n) is 10.6. The third kappa shape index (κ3) is 4.65. The molecule has 0 fully saturated rings. The van der Waals surface area contributed by atoms with E-state index in [1.54, 1.807) is 4.68 Å². The Bertz CT molecular complexity index is 498. The molecule has 0 saturated carbocycles. The lowest BCUT2D eigenvalue weighted by Crippen LogP contribution is -2.08. The third-order valence-electron chi connectivity index (χ3n) is 2.63. The van der Waals surface area contributed by atoms with Crippen LogP contribution in [0.15, 0.2) is 34.9 Å². The summed E-state index contributed by atoms with van der Waals surface area (Å²) < 4.78 is 8.46. The molecule has 6 heteroatoms. The van der Waals surface area contributed by atoms with Gasteiger partial charge in [0.25, 0.3) is 0 Å². The summed E-state index contributed by atoms with van der Waals surface area (Å²) in [6.07, 6.45) is 3.76. The first-order chi connectivity index (χ1) is 9.28. The van der Waals surface area contributed by atoms with Gasteiger partial charge < -0.3 is 10.5 Å². The van der Waals surface area contributed by atoms with E-state index >= 15 is 0 Å². The van der Waals surface area contributed by atoms with Crippen LogP contribution in [0.2, 0.25) is 0 Å². The predicted molar refractivity (Wildman–Crippen MR) is 77.0 cm³/mol. The molecule has 1 heterocycles. The molecule has 0 amide bonds. The standard InChI is InChI=1S/C13H17BrN4O/c14-11-3-5-13(6-4-11)19-9-8-18-10-12(16-17-18)2-1-7-15/h3-6,10H,1-2,7-9,15H2. The minimum absolute atomic E-state index is 0.571. The van der Waals surface area contributed by atoms with Crippen molar-refractivity contribution in [2.24, 2.45) is 5.73 Å². The van der Waals surface area contributed by atoms with Gasteiger partial charge in [-0.2, -0.15) is 0 Å². The highest BCUT2D eigenvalue weighted by Gasteiger charge is 2.00. The van der Waals surface area contributed by atoms with Crippen molar-refractivity contribution in [2.45, 2.75) is 19.4 Å². The molecule has 1 aromatic heterocycles. The molecule has 0 bridgehead atoms. The van der Waals surface area contributed by atoms with E-state index in [-0.39, 0.29) is 0 Å². The van der Waals surface area contributed by atoms with Crippen molar-refractivity contribution >= 4 is 15.9 Å². The van der Waals surface area contributed by atoms with Crippen LogP contribution in [0.5, 0.6) is 5.75 Å². The van der Waals surface area contributed by atoms with E-state index in [1.165, 1.54) is 0 Å². The van der Waals surface area contributed by atoms with Crippen molar-refractivity contribution in [3.63, 3.8) is 0 Å². The van der Waals surface area contributed by atoms with Crippen molar-refractivity contribution < 1.29 is 4.74 Å². The van der Waals surface area contributed by atoms with Crippen molar-refractivity contribution in [1.29, 1.82) is 0 Å². The highest BCUT2D eigenvalue weighted by atomic mass is 79.9. The molecule has 2 rings (SSSR count). The molecule has 0 unspecified atom stereocenters. The lowest BCUT2D eigenvalue weighted by Gasteiger charge is -2.05. The Hall–Kier alpha value is -1.40. The second kappa shape index (κ2) is 7.25. The van der Waals surface area contributed by atoms with Gasteiger partial charge in [0, 0.05) is 10.7 Å². The average molecular weight is 325 g/mol. The fourth-order valence-corrected chi connectivity index (χ4v) is 1.90. The molecule has 0 aliphatic carbocycles. The van der Waals surface area contributed by atoms with Gasteiger partial charge in [0.15, 0.2) is 0 Å². The SMILES string of the molecule is NCCCc1cn(CCOc2ccc(Br)cc2)nn1. The number of rotatable bonds is 7. The molecule has 0 radical (unpaired) electrons. The number of nitrogens with two attached hydrogens (primary N) is 1. The van der Waals surface area contributed by atoms with Crippen LogP contribution >= 0.6 is 15.9 Å². The summed E-state index contributed by atoms with van der Waals surface area (Å²) in [6.45, 7) is 1.94. The maximum absolute atomic E-state index is 5.63. The molecular weight excluding hydrogens is 308 g/mol. The van der Waals surface area contributed by atoms with Crippen LogP contribution in [-0.4, -0.2) is 28.1 Å². The fraction of sp³-hybridized carbons (Fsp3) is 0.385. The first kappa shape index (κ1) is 14.0. The lowest BCUT2D eigenvalue weighted by atomic mass is 10.2. The van der Waals surface area contributed by atoms with Gasteiger partial charge in [-0.15, -0.1) is 5.10 Å². The van der Waals surface area contributed by atoms with Crippen LogP contribution in [0.4, 0.5) is 0 Å². The summed E-state index contributed by atoms with van der Waals surface area (Å²) >= 11 is 3.39. The number of halogens is 1. The Labute approximate surface area is 120 Å². The quantitative estimate of drug-likeness (QED) is 0.846. The summed E-state index contributed by atoms with van der Waals surface area (Å²) in [5.74, 6) is 0.853. The first-order valence-corrected chi connectivity index (χ1v) is 7.04. The van der Waals surface area contributed by atoms with Gasteiger partial charge in [-0.1, -0.05) is 21.1 Å². The number of nitrogens with zero attached hydrogens (tertiary/aromatic N) is 3. The number of hydrogen-bond acceptors (Lipinski definition) is 4. The van der Waals surface area contributed by atoms with Gasteiger partial charge in [-0.3, -0.25) is 0 Å². The Kier molecular flexibility index (Phi) is 5.35. The molecule has 2 N–H and O–H groups in total. The minimum Gasteiger partial charge on any atom is -0.492 e. The van der Waals surface area contributed by atoms with Gasteiger partial charge in [0.05, 0.1) is 12.2 Å². The number of ether oxygens (including phenoxy) is 1. The summed E-state index contributed by atoms with van der Waals surface area (Å²) in [4.78, 5) is 0. The number of aryl methyl sites for hydroxylation is 1. The van der Waals surface area contributed by atoms with Crippen LogP contribution in [0.25, 0.3) is 0 Å². The molecule has 0 aliphatic rings. The van der Waals surface area contributed by atoms with Gasteiger partial charge in [0.1, 0.15) is 12.4 Å². The number of hydrogen-bond donors (Lipinski definition) is 1. The second-order valence-electron chi connectivity index (χ2n) is 4.17. The molecule has 5 nitrogen and oxygen atoms in total. The smallest absolute Gasteiger partial charge is 0.119 e. The largest absolute Gasteiger partial charge is 0.492 e. The van der Waals surface area contributed by atoms with Crippen molar-refractivity contribution in [3.8, 4) is 5.75 Å². The second-order valence-corrected chi connectivity index (χ2v) is 5.08. The first-order valence-electron chi connectivity index (χ1n) is 6.25. The van der Waals surface area contributed by atoms with Gasteiger partial charge >= 0.3 is 0 Å². The third-order valence-corrected chi connectivity index (χ3v) is 3.15. The maximum Gasteiger partial charge on any atom is 0.119 e. The van der Waals surface area contributed by atoms with Crippen LogP contribution in [-0.2, 0) is 13.0 Å². The minimum atomic E-state index is 0.571. The van der Waals surface area contributed by atoms with Crippen molar-refractivity contribution in [2.75, 3.05) is 13.2 Å². The van der Waals surface area contributed by atoms with E-state index in [2.05, 4.69) is 26.2 Å². The Balaban J connectivity index is 1.76. The van der Waals surface area contributed by atoms with E-state index in [4.69, 9.17) is 10.5 Å². The molecule has 0 atom stereocenters. The van der Waals surface area contributed by atoms with E-state index in [1.807, 2.05) is 30.5 Å². The highest BCUT2D eigenvalue weighted by molar-refractivity contribution is 9.10. The summed E-state index contributed by atoms with van der Waals surface area (Å²) in [6, 6.07) is 7.77. The fourth-order valence-electron chi connectivity index (χ4n) is 1.63. The van der Waals surface area contributed by atoms with E-state index in [0.29, 0.717) is 19.7 Å². The highest BCUT2D eigenvalue weighted by Crippen LogP contribution is 2.15. The van der Waals surface area contributed by atoms with Crippen molar-refractivity contribution in [3.05, 3.63) is 40.6 Å². The molecule has 1 aromatic carbocycles. The monoisotopic (exact) mass is 324 g/mol. The predicted octanol–water partition coefficient (Wildman–Crippen LogP) is 2.01. The van der Waals surface area contributed by atoms with E-state index in [0.717, 1.165) is 28.8 Å². The Morgan fingerprint density at radius 3 is 2.79 bits per heavy atom. The van der Waals surface area contributed by atoms with E-state index < -0.39 is 0 Å². The van der Waals surface area contributed by atoms with E-state index in [9.17, 15) is 0 Å². The summed E-state index contributed by atoms with van der Waals surface area (Å²) in [5.41, 5.74) is 6.44. The zero-order valence-corrected chi connectivity index (χ0v) is 12.2. The lowest BCUT2D eigenvalue weighted by molar-refractivity contribution is 0.289. The van der Waals surface area contributed by atoms with Crippen LogP contribution in [0.1, 0.15) is 12.1 Å². The normalized spacial score (nSPS) is 10.6.